The lowest BCUT2D eigenvalue weighted by atomic mass is 9.98. The highest BCUT2D eigenvalue weighted by atomic mass is 16.4. The molecule has 1 fully saturated rings. The highest BCUT2D eigenvalue weighted by Gasteiger charge is 2.41. The molecule has 0 unspecified atom stereocenters. The third-order valence-electron chi connectivity index (χ3n) is 15.6. The van der Waals surface area contributed by atoms with Crippen LogP contribution in [-0.2, 0) is 78.3 Å². The second kappa shape index (κ2) is 40.6. The van der Waals surface area contributed by atoms with E-state index in [-0.39, 0.29) is 76.3 Å². The maximum atomic E-state index is 14.2. The number of primary amides is 3. The van der Waals surface area contributed by atoms with E-state index >= 15 is 0 Å². The number of aliphatic imine (C=N–C) groups is 1. The molecule has 1 aromatic carbocycles. The van der Waals surface area contributed by atoms with Crippen molar-refractivity contribution in [1.82, 2.24) is 58.1 Å². The summed E-state index contributed by atoms with van der Waals surface area (Å²) in [4.78, 5) is 205. The SMILES string of the molecule is CC[C@H](C)[C@H](N)C(=O)N[C@@H](CCC(N)=O)C(=O)N[C@@H](CC(N)=O)C(=O)N[C@H](C(=O)N[C@H](C(=O)N[C@H](C(=O)N[C@@H](CO)C(=O)N[C@@H](Cc1ccccc1)C(=O)N[C@@H](C)C(=O)N1CCC[C@H]1C(=O)N[C@@H](CCC(N)=O)C(=O)N[C@@H](CCCN=C(N)N)C(=O)O)[C@@H](C)O)C(C)C)C(C)C. The molecule has 0 radical (unpaired) electrons. The summed E-state index contributed by atoms with van der Waals surface area (Å²) >= 11 is 0. The Bertz CT molecular complexity index is 2930. The van der Waals surface area contributed by atoms with E-state index in [0.717, 1.165) is 11.8 Å². The molecule has 14 atom stereocenters. The minimum Gasteiger partial charge on any atom is -0.480 e. The molecule has 1 heterocycles. The number of benzene rings is 1. The average molecular weight is 1360 g/mol. The van der Waals surface area contributed by atoms with Gasteiger partial charge in [0.15, 0.2) is 5.96 Å². The van der Waals surface area contributed by atoms with Gasteiger partial charge in [0.2, 0.25) is 82.7 Å². The average Bonchev–Trinajstić information content (AvgIpc) is 1.55. The maximum Gasteiger partial charge on any atom is 0.326 e. The van der Waals surface area contributed by atoms with Gasteiger partial charge in [-0.1, -0.05) is 78.3 Å². The van der Waals surface area contributed by atoms with E-state index < -0.39 is 199 Å². The van der Waals surface area contributed by atoms with Crippen LogP contribution in [0.3, 0.4) is 0 Å². The molecular formula is C60H98N18O18. The van der Waals surface area contributed by atoms with Gasteiger partial charge < -0.3 is 108 Å². The van der Waals surface area contributed by atoms with Gasteiger partial charge in [-0.3, -0.25) is 72.1 Å². The molecule has 36 nitrogen and oxygen atoms in total. The van der Waals surface area contributed by atoms with Gasteiger partial charge in [0.1, 0.15) is 66.5 Å². The first kappa shape index (κ1) is 82.5. The molecular weight excluding hydrogens is 1260 g/mol. The molecule has 0 aromatic heterocycles. The van der Waals surface area contributed by atoms with Crippen molar-refractivity contribution in [2.45, 2.75) is 205 Å². The monoisotopic (exact) mass is 1360 g/mol. The number of aliphatic hydroxyl groups excluding tert-OH is 2. The molecule has 0 aliphatic carbocycles. The smallest absolute Gasteiger partial charge is 0.326 e. The molecule has 25 N–H and O–H groups in total. The van der Waals surface area contributed by atoms with Crippen molar-refractivity contribution in [3.8, 4) is 0 Å². The lowest BCUT2D eigenvalue weighted by Crippen LogP contribution is -2.63. The minimum atomic E-state index is -1.90. The number of rotatable bonds is 42. The third kappa shape index (κ3) is 27.8. The lowest BCUT2D eigenvalue weighted by Gasteiger charge is -2.30. The zero-order valence-electron chi connectivity index (χ0n) is 55.3. The number of nitrogens with one attached hydrogen (secondary N) is 10. The Morgan fingerprint density at radius 1 is 0.552 bits per heavy atom. The van der Waals surface area contributed by atoms with E-state index in [1.54, 1.807) is 44.2 Å². The largest absolute Gasteiger partial charge is 0.480 e. The first-order chi connectivity index (χ1) is 44.9. The Balaban J connectivity index is 2.32. The second-order valence-electron chi connectivity index (χ2n) is 24.2. The number of likely N-dealkylation sites (tertiary alicyclic amines) is 1. The summed E-state index contributed by atoms with van der Waals surface area (Å²) in [5.74, 6) is -17.1. The van der Waals surface area contributed by atoms with Crippen LogP contribution in [0.25, 0.3) is 0 Å². The van der Waals surface area contributed by atoms with E-state index in [4.69, 9.17) is 34.4 Å². The second-order valence-corrected chi connectivity index (χ2v) is 24.2. The Morgan fingerprint density at radius 3 is 1.50 bits per heavy atom. The van der Waals surface area contributed by atoms with Crippen molar-refractivity contribution >= 4 is 94.6 Å². The van der Waals surface area contributed by atoms with Gasteiger partial charge in [-0.15, -0.1) is 0 Å². The molecule has 96 heavy (non-hydrogen) atoms. The van der Waals surface area contributed by atoms with Crippen molar-refractivity contribution in [1.29, 1.82) is 0 Å². The summed E-state index contributed by atoms with van der Waals surface area (Å²) in [6.45, 7) is 10.8. The number of guanidine groups is 1. The molecule has 14 amide bonds. The Labute approximate surface area is 555 Å². The Hall–Kier alpha value is -9.58. The van der Waals surface area contributed by atoms with Crippen molar-refractivity contribution in [2.75, 3.05) is 19.7 Å². The topological polar surface area (TPSA) is 609 Å². The quantitative estimate of drug-likeness (QED) is 0.0164. The first-order valence-electron chi connectivity index (χ1n) is 31.5. The Morgan fingerprint density at radius 2 is 1.01 bits per heavy atom. The van der Waals surface area contributed by atoms with Crippen LogP contribution in [0.2, 0.25) is 0 Å². The molecule has 0 saturated carbocycles. The van der Waals surface area contributed by atoms with E-state index in [1.165, 1.54) is 34.6 Å². The number of hydrogen-bond acceptors (Lipinski definition) is 19. The van der Waals surface area contributed by atoms with E-state index in [9.17, 15) is 87.2 Å². The van der Waals surface area contributed by atoms with Crippen LogP contribution in [-0.4, -0.2) is 213 Å². The van der Waals surface area contributed by atoms with Gasteiger partial charge in [0.25, 0.3) is 0 Å². The van der Waals surface area contributed by atoms with Crippen LogP contribution < -0.4 is 87.6 Å². The molecule has 1 aliphatic heterocycles. The van der Waals surface area contributed by atoms with Crippen LogP contribution in [0, 0.1) is 17.8 Å². The fourth-order valence-corrected chi connectivity index (χ4v) is 9.80. The zero-order valence-corrected chi connectivity index (χ0v) is 55.3. The molecule has 0 bridgehead atoms. The predicted octanol–water partition coefficient (Wildman–Crippen LogP) is -7.31. The van der Waals surface area contributed by atoms with Crippen molar-refractivity contribution in [3.63, 3.8) is 0 Å². The summed E-state index contributed by atoms with van der Waals surface area (Å²) in [7, 11) is 0. The van der Waals surface area contributed by atoms with Gasteiger partial charge in [0, 0.05) is 32.4 Å². The molecule has 2 rings (SSSR count). The lowest BCUT2D eigenvalue weighted by molar-refractivity contribution is -0.143. The Kier molecular flexibility index (Phi) is 34.9. The van der Waals surface area contributed by atoms with Crippen molar-refractivity contribution < 1.29 is 87.2 Å². The van der Waals surface area contributed by atoms with Crippen LogP contribution >= 0.6 is 0 Å². The maximum absolute atomic E-state index is 14.2. The fraction of sp³-hybridized carbons (Fsp3) is 0.633. The van der Waals surface area contributed by atoms with Crippen molar-refractivity contribution in [2.24, 2.45) is 57.1 Å². The molecule has 0 spiro atoms. The summed E-state index contributed by atoms with van der Waals surface area (Å²) in [6.07, 6.45) is -3.34. The fourth-order valence-electron chi connectivity index (χ4n) is 9.80. The number of carbonyl (C=O) groups excluding carboxylic acids is 14. The van der Waals surface area contributed by atoms with E-state index in [2.05, 4.69) is 58.2 Å². The number of carboxylic acids is 1. The molecule has 1 aromatic rings. The highest BCUT2D eigenvalue weighted by molar-refractivity contribution is 6.00. The number of nitrogens with zero attached hydrogens (tertiary/aromatic N) is 2. The summed E-state index contributed by atoms with van der Waals surface area (Å²) in [6, 6.07) is -10.0. The standard InChI is InChI=1S/C60H98N18O18/c1-9-30(6)44(64)54(90)70-35(20-22-42(62)82)49(85)73-38(26-43(63)83)51(87)75-45(28(2)3)55(91)76-46(29(4)5)56(92)77-47(32(8)80)57(93)74-39(27-79)52(88)72-37(25-33-15-11-10-12-16-33)50(86)68-31(7)58(94)78-24-14-18-40(78)53(89)69-34(19-21-41(61)81)48(84)71-36(59(95)96)17-13-23-67-60(65)66/h10-12,15-16,28-32,34-40,44-47,79-80H,9,13-14,17-27,64H2,1-8H3,(H2,61,81)(H2,62,82)(H2,63,83)(H,68,86)(H,69,89)(H,70,90)(H,71,84)(H,72,88)(H,73,85)(H,74,93)(H,75,87)(H,76,91)(H,77,92)(H,95,96)(H4,65,66,67)/t30-,31-,32+,34-,35-,36-,37-,38-,39-,40-,44-,45-,46-,47-/m0/s1. The van der Waals surface area contributed by atoms with Crippen LogP contribution in [0.5, 0.6) is 0 Å². The van der Waals surface area contributed by atoms with E-state index in [0.29, 0.717) is 12.0 Å². The predicted molar refractivity (Wildman–Crippen MR) is 344 cm³/mol. The first-order valence-corrected chi connectivity index (χ1v) is 31.5. The molecule has 1 aliphatic rings. The van der Waals surface area contributed by atoms with Crippen LogP contribution in [0.1, 0.15) is 125 Å². The van der Waals surface area contributed by atoms with Gasteiger partial charge in [-0.2, -0.15) is 0 Å². The molecule has 36 heteroatoms. The summed E-state index contributed by atoms with van der Waals surface area (Å²) in [5, 5.41) is 55.2. The number of carbonyl (C=O) groups is 15. The zero-order chi connectivity index (χ0) is 72.8. The normalized spacial score (nSPS) is 16.8. The van der Waals surface area contributed by atoms with Crippen LogP contribution in [0.15, 0.2) is 35.3 Å². The molecule has 536 valence electrons. The van der Waals surface area contributed by atoms with Gasteiger partial charge >= 0.3 is 5.97 Å². The number of aliphatic hydroxyl groups is 2. The number of carboxylic acid groups (broad SMARTS) is 1. The number of hydrogen-bond donors (Lipinski definition) is 19. The number of amides is 14. The number of nitrogens with two attached hydrogens (primary N) is 6. The number of aliphatic carboxylic acids is 1. The van der Waals surface area contributed by atoms with Crippen LogP contribution in [0.4, 0.5) is 0 Å². The summed E-state index contributed by atoms with van der Waals surface area (Å²) < 4.78 is 0. The summed E-state index contributed by atoms with van der Waals surface area (Å²) in [5.41, 5.74) is 33.3. The van der Waals surface area contributed by atoms with Gasteiger partial charge in [0.05, 0.1) is 25.2 Å². The van der Waals surface area contributed by atoms with Crippen molar-refractivity contribution in [3.05, 3.63) is 35.9 Å². The minimum absolute atomic E-state index is 0.00320. The highest BCUT2D eigenvalue weighted by Crippen LogP contribution is 2.20. The molecule has 1 saturated heterocycles. The third-order valence-corrected chi connectivity index (χ3v) is 15.6. The van der Waals surface area contributed by atoms with E-state index in [1.807, 2.05) is 0 Å². The van der Waals surface area contributed by atoms with Gasteiger partial charge in [-0.25, -0.2) is 4.79 Å². The van der Waals surface area contributed by atoms with Gasteiger partial charge in [-0.05, 0) is 75.7 Å².